The number of ether oxygens (including phenoxy) is 1. The molecule has 1 aliphatic carbocycles. The normalized spacial score (nSPS) is 14.3. The minimum atomic E-state index is -5.11. The minimum absolute atomic E-state index is 0.204. The van der Waals surface area contributed by atoms with Crippen molar-refractivity contribution >= 4 is 12.1 Å². The number of carboxylic acid groups (broad SMARTS) is 1. The third-order valence-corrected chi connectivity index (χ3v) is 4.18. The topological polar surface area (TPSA) is 75.6 Å². The number of carbonyl (C=O) groups excluding carboxylic acids is 1. The molecular weight excluding hydrogens is 351 g/mol. The first kappa shape index (κ1) is 17.8. The maximum Gasteiger partial charge on any atom is 0.419 e. The largest absolute Gasteiger partial charge is 0.479 e. The lowest BCUT2D eigenvalue weighted by Crippen LogP contribution is -2.50. The van der Waals surface area contributed by atoms with Crippen LogP contribution in [0.3, 0.4) is 0 Å². The Labute approximate surface area is 146 Å². The molecule has 2 aromatic rings. The van der Waals surface area contributed by atoms with Crippen LogP contribution in [0.25, 0.3) is 11.1 Å². The molecule has 0 spiro atoms. The number of halogens is 3. The molecule has 1 unspecified atom stereocenters. The van der Waals surface area contributed by atoms with Gasteiger partial charge in [-0.05, 0) is 22.3 Å². The predicted octanol–water partition coefficient (Wildman–Crippen LogP) is 3.54. The molecule has 0 aromatic heterocycles. The van der Waals surface area contributed by atoms with Gasteiger partial charge in [0.05, 0.1) is 0 Å². The summed E-state index contributed by atoms with van der Waals surface area (Å²) in [6.45, 7) is -0.204. The van der Waals surface area contributed by atoms with Gasteiger partial charge in [0.2, 0.25) is 6.04 Å². The number of alkyl halides is 3. The van der Waals surface area contributed by atoms with E-state index in [2.05, 4.69) is 0 Å². The third-order valence-electron chi connectivity index (χ3n) is 4.18. The molecule has 0 fully saturated rings. The van der Waals surface area contributed by atoms with Crippen molar-refractivity contribution in [3.05, 3.63) is 59.7 Å². The summed E-state index contributed by atoms with van der Waals surface area (Å²) in [6, 6.07) is 11.9. The highest BCUT2D eigenvalue weighted by molar-refractivity contribution is 5.81. The fourth-order valence-electron chi connectivity index (χ4n) is 3.04. The van der Waals surface area contributed by atoms with Gasteiger partial charge in [0.25, 0.3) is 0 Å². The first-order valence-corrected chi connectivity index (χ1v) is 7.70. The number of hydrogen-bond acceptors (Lipinski definition) is 3. The molecule has 0 bridgehead atoms. The molecule has 1 aliphatic rings. The molecule has 5 nitrogen and oxygen atoms in total. The van der Waals surface area contributed by atoms with Gasteiger partial charge < -0.3 is 9.84 Å². The summed E-state index contributed by atoms with van der Waals surface area (Å²) < 4.78 is 42.7. The summed E-state index contributed by atoms with van der Waals surface area (Å²) in [5.41, 5.74) is 3.73. The van der Waals surface area contributed by atoms with E-state index >= 15 is 0 Å². The molecule has 2 aromatic carbocycles. The molecule has 0 saturated carbocycles. The number of fused-ring (bicyclic) bond motifs is 3. The quantitative estimate of drug-likeness (QED) is 0.869. The highest BCUT2D eigenvalue weighted by Gasteiger charge is 2.46. The minimum Gasteiger partial charge on any atom is -0.479 e. The van der Waals surface area contributed by atoms with Crippen molar-refractivity contribution in [2.45, 2.75) is 18.1 Å². The van der Waals surface area contributed by atoms with E-state index < -0.39 is 24.3 Å². The number of amides is 1. The van der Waals surface area contributed by atoms with Crippen LogP contribution in [-0.2, 0) is 9.53 Å². The van der Waals surface area contributed by atoms with E-state index in [0.717, 1.165) is 22.3 Å². The lowest BCUT2D eigenvalue weighted by atomic mass is 9.98. The standard InChI is InChI=1S/C18H14F3NO4/c19-18(20,21)15(16(23)24)22-17(25)26-9-14-12-7-3-1-5-10(12)11-6-2-4-8-13(11)14/h1-8,14-15H,9H2,(H,22,25)(H,23,24). The van der Waals surface area contributed by atoms with Crippen molar-refractivity contribution in [3.8, 4) is 11.1 Å². The fraction of sp³-hybridized carbons (Fsp3) is 0.222. The van der Waals surface area contributed by atoms with E-state index in [0.29, 0.717) is 0 Å². The molecule has 0 saturated heterocycles. The molecule has 1 amide bonds. The van der Waals surface area contributed by atoms with E-state index in [1.165, 1.54) is 5.32 Å². The highest BCUT2D eigenvalue weighted by Crippen LogP contribution is 2.44. The van der Waals surface area contributed by atoms with Crippen LogP contribution in [0.4, 0.5) is 18.0 Å². The first-order chi connectivity index (χ1) is 12.3. The van der Waals surface area contributed by atoms with Crippen LogP contribution in [0, 0.1) is 0 Å². The predicted molar refractivity (Wildman–Crippen MR) is 85.7 cm³/mol. The van der Waals surface area contributed by atoms with Crippen LogP contribution in [-0.4, -0.2) is 36.0 Å². The first-order valence-electron chi connectivity index (χ1n) is 7.70. The maximum absolute atomic E-state index is 12.6. The van der Waals surface area contributed by atoms with Crippen molar-refractivity contribution in [3.63, 3.8) is 0 Å². The molecule has 136 valence electrons. The van der Waals surface area contributed by atoms with E-state index in [4.69, 9.17) is 9.84 Å². The number of hydrogen-bond donors (Lipinski definition) is 2. The second kappa shape index (κ2) is 6.70. The Morgan fingerprint density at radius 2 is 1.54 bits per heavy atom. The number of rotatable bonds is 4. The molecule has 2 N–H and O–H groups in total. The van der Waals surface area contributed by atoms with E-state index in [9.17, 15) is 22.8 Å². The van der Waals surface area contributed by atoms with Crippen molar-refractivity contribution in [2.75, 3.05) is 6.61 Å². The summed E-state index contributed by atoms with van der Waals surface area (Å²) in [7, 11) is 0. The third kappa shape index (κ3) is 3.35. The maximum atomic E-state index is 12.6. The average molecular weight is 365 g/mol. The Morgan fingerprint density at radius 1 is 1.04 bits per heavy atom. The van der Waals surface area contributed by atoms with Crippen LogP contribution in [0.2, 0.25) is 0 Å². The van der Waals surface area contributed by atoms with Gasteiger partial charge in [-0.25, -0.2) is 9.59 Å². The van der Waals surface area contributed by atoms with Gasteiger partial charge in [-0.15, -0.1) is 0 Å². The molecule has 1 atom stereocenters. The molecule has 0 radical (unpaired) electrons. The zero-order valence-electron chi connectivity index (χ0n) is 13.3. The molecule has 26 heavy (non-hydrogen) atoms. The molecule has 0 heterocycles. The van der Waals surface area contributed by atoms with E-state index in [1.54, 1.807) is 0 Å². The van der Waals surface area contributed by atoms with Crippen LogP contribution in [0.15, 0.2) is 48.5 Å². The number of carbonyl (C=O) groups is 2. The van der Waals surface area contributed by atoms with Crippen molar-refractivity contribution < 1.29 is 32.6 Å². The lowest BCUT2D eigenvalue weighted by Gasteiger charge is -2.19. The zero-order chi connectivity index (χ0) is 18.9. The highest BCUT2D eigenvalue weighted by atomic mass is 19.4. The van der Waals surface area contributed by atoms with Crippen molar-refractivity contribution in [2.24, 2.45) is 0 Å². The van der Waals surface area contributed by atoms with Gasteiger partial charge in [0.15, 0.2) is 0 Å². The second-order valence-corrected chi connectivity index (χ2v) is 5.78. The number of nitrogens with one attached hydrogen (secondary N) is 1. The van der Waals surface area contributed by atoms with E-state index in [-0.39, 0.29) is 12.5 Å². The Bertz CT molecular complexity index is 805. The zero-order valence-corrected chi connectivity index (χ0v) is 13.3. The Kier molecular flexibility index (Phi) is 4.58. The number of carboxylic acids is 1. The van der Waals surface area contributed by atoms with Crippen LogP contribution < -0.4 is 5.32 Å². The molecule has 3 rings (SSSR count). The fourth-order valence-corrected chi connectivity index (χ4v) is 3.04. The Morgan fingerprint density at radius 3 is 2.00 bits per heavy atom. The summed E-state index contributed by atoms with van der Waals surface area (Å²) >= 11 is 0. The Balaban J connectivity index is 1.74. The second-order valence-electron chi connectivity index (χ2n) is 5.78. The summed E-state index contributed by atoms with van der Waals surface area (Å²) in [5.74, 6) is -2.53. The van der Waals surface area contributed by atoms with Crippen LogP contribution in [0.5, 0.6) is 0 Å². The smallest absolute Gasteiger partial charge is 0.419 e. The number of aliphatic carboxylic acids is 1. The molecule has 8 heteroatoms. The SMILES string of the molecule is O=C(NC(C(=O)O)C(F)(F)F)OCC1c2ccccc2-c2ccccc21. The van der Waals surface area contributed by atoms with Crippen LogP contribution in [0.1, 0.15) is 17.0 Å². The number of alkyl carbamates (subject to hydrolysis) is 1. The van der Waals surface area contributed by atoms with Gasteiger partial charge in [0.1, 0.15) is 6.61 Å². The van der Waals surface area contributed by atoms with E-state index in [1.807, 2.05) is 48.5 Å². The summed E-state index contributed by atoms with van der Waals surface area (Å²) in [5, 5.41) is 9.95. The molecule has 0 aliphatic heterocycles. The van der Waals surface area contributed by atoms with Crippen LogP contribution >= 0.6 is 0 Å². The monoisotopic (exact) mass is 365 g/mol. The van der Waals surface area contributed by atoms with Crippen molar-refractivity contribution in [1.29, 1.82) is 0 Å². The summed E-state index contributed by atoms with van der Waals surface area (Å²) in [4.78, 5) is 22.4. The van der Waals surface area contributed by atoms with Gasteiger partial charge in [-0.3, -0.25) is 5.32 Å². The number of benzene rings is 2. The van der Waals surface area contributed by atoms with Gasteiger partial charge in [0, 0.05) is 5.92 Å². The lowest BCUT2D eigenvalue weighted by molar-refractivity contribution is -0.178. The van der Waals surface area contributed by atoms with Gasteiger partial charge in [-0.1, -0.05) is 48.5 Å². The van der Waals surface area contributed by atoms with Crippen molar-refractivity contribution in [1.82, 2.24) is 5.32 Å². The van der Waals surface area contributed by atoms with Gasteiger partial charge in [-0.2, -0.15) is 13.2 Å². The Hall–Kier alpha value is -3.03. The average Bonchev–Trinajstić information content (AvgIpc) is 2.91. The molecular formula is C18H14F3NO4. The van der Waals surface area contributed by atoms with Gasteiger partial charge >= 0.3 is 18.2 Å². The summed E-state index contributed by atoms with van der Waals surface area (Å²) in [6.07, 6.45) is -6.55.